The van der Waals surface area contributed by atoms with E-state index in [0.29, 0.717) is 11.6 Å². The van der Waals surface area contributed by atoms with Crippen LogP contribution in [0.25, 0.3) is 0 Å². The summed E-state index contributed by atoms with van der Waals surface area (Å²) in [4.78, 5) is 14.1. The molecule has 6 heteroatoms. The smallest absolute Gasteiger partial charge is 0.316 e. The molecule has 0 aliphatic carbocycles. The van der Waals surface area contributed by atoms with E-state index in [1.54, 1.807) is 6.07 Å². The van der Waals surface area contributed by atoms with E-state index in [-0.39, 0.29) is 18.0 Å². The highest BCUT2D eigenvalue weighted by molar-refractivity contribution is 5.77. The van der Waals surface area contributed by atoms with E-state index in [1.807, 2.05) is 13.8 Å². The first-order chi connectivity index (χ1) is 10.0. The van der Waals surface area contributed by atoms with Gasteiger partial charge in [-0.25, -0.2) is 0 Å². The Labute approximate surface area is 125 Å². The molecule has 1 unspecified atom stereocenters. The lowest BCUT2D eigenvalue weighted by atomic mass is 9.93. The van der Waals surface area contributed by atoms with Crippen LogP contribution in [0.2, 0.25) is 0 Å². The molecule has 0 amide bonds. The second-order valence-corrected chi connectivity index (χ2v) is 5.93. The van der Waals surface area contributed by atoms with Gasteiger partial charge in [-0.05, 0) is 31.0 Å². The molecule has 1 aliphatic heterocycles. The Balaban J connectivity index is 2.01. The van der Waals surface area contributed by atoms with Crippen LogP contribution in [0.5, 0.6) is 5.88 Å². The number of methoxy groups -OCH3 is 1. The molecule has 1 fully saturated rings. The summed E-state index contributed by atoms with van der Waals surface area (Å²) in [6.45, 7) is 5.93. The molecule has 1 atom stereocenters. The maximum Gasteiger partial charge on any atom is 0.316 e. The third-order valence-electron chi connectivity index (χ3n) is 3.89. The number of nitrogens with zero attached hydrogens (tertiary/aromatic N) is 2. The Hall–Kier alpha value is -1.56. The first-order valence-electron chi connectivity index (χ1n) is 7.41. The van der Waals surface area contributed by atoms with Gasteiger partial charge >= 0.3 is 5.97 Å². The highest BCUT2D eigenvalue weighted by atomic mass is 16.5. The molecule has 118 valence electrons. The summed E-state index contributed by atoms with van der Waals surface area (Å²) in [5.41, 5.74) is 0. The van der Waals surface area contributed by atoms with Gasteiger partial charge in [0.15, 0.2) is 5.76 Å². The highest BCUT2D eigenvalue weighted by Crippen LogP contribution is 2.29. The van der Waals surface area contributed by atoms with E-state index >= 15 is 0 Å². The Bertz CT molecular complexity index is 464. The molecule has 2 rings (SSSR count). The summed E-state index contributed by atoms with van der Waals surface area (Å²) in [6.07, 6.45) is 2.11. The quantitative estimate of drug-likeness (QED) is 0.775. The maximum absolute atomic E-state index is 11.8. The van der Waals surface area contributed by atoms with Crippen molar-refractivity contribution >= 4 is 5.97 Å². The van der Waals surface area contributed by atoms with E-state index in [4.69, 9.17) is 14.0 Å². The first-order valence-corrected chi connectivity index (χ1v) is 7.41. The van der Waals surface area contributed by atoms with Gasteiger partial charge in [0.2, 0.25) is 0 Å². The van der Waals surface area contributed by atoms with E-state index in [0.717, 1.165) is 25.9 Å². The van der Waals surface area contributed by atoms with Gasteiger partial charge in [-0.2, -0.15) is 0 Å². The van der Waals surface area contributed by atoms with Gasteiger partial charge in [0.05, 0.1) is 7.11 Å². The third-order valence-corrected chi connectivity index (χ3v) is 3.89. The highest BCUT2D eigenvalue weighted by Gasteiger charge is 2.30. The van der Waals surface area contributed by atoms with Crippen LogP contribution in [0.3, 0.4) is 0 Å². The van der Waals surface area contributed by atoms with E-state index < -0.39 is 5.92 Å². The van der Waals surface area contributed by atoms with Gasteiger partial charge in [-0.1, -0.05) is 13.8 Å². The van der Waals surface area contributed by atoms with E-state index in [1.165, 1.54) is 7.11 Å². The molecule has 0 saturated carbocycles. The summed E-state index contributed by atoms with van der Waals surface area (Å²) in [6, 6.07) is 1.71. The fraction of sp³-hybridized carbons (Fsp3) is 0.733. The lowest BCUT2D eigenvalue weighted by molar-refractivity contribution is -0.144. The molecule has 0 spiro atoms. The maximum atomic E-state index is 11.8. The zero-order valence-corrected chi connectivity index (χ0v) is 13.2. The summed E-state index contributed by atoms with van der Waals surface area (Å²) in [7, 11) is 3.48. The normalized spacial score (nSPS) is 18.7. The Morgan fingerprint density at radius 2 is 2.10 bits per heavy atom. The lowest BCUT2D eigenvalue weighted by Crippen LogP contribution is -2.35. The predicted molar refractivity (Wildman–Crippen MR) is 77.2 cm³/mol. The minimum atomic E-state index is -0.447. The standard InChI is InChI=1S/C15H24N2O4/c1-10(2)14(15(18)19-4)12-9-13(16-21-12)20-11-5-7-17(3)8-6-11/h9-11,14H,5-8H2,1-4H3. The minimum Gasteiger partial charge on any atom is -0.472 e. The van der Waals surface area contributed by atoms with Crippen molar-refractivity contribution in [2.45, 2.75) is 38.7 Å². The molecule has 0 aromatic carbocycles. The van der Waals surface area contributed by atoms with E-state index in [9.17, 15) is 4.79 Å². The van der Waals surface area contributed by atoms with Gasteiger partial charge < -0.3 is 18.9 Å². The molecular formula is C15H24N2O4. The second-order valence-electron chi connectivity index (χ2n) is 5.93. The van der Waals surface area contributed by atoms with Crippen LogP contribution >= 0.6 is 0 Å². The fourth-order valence-corrected chi connectivity index (χ4v) is 2.59. The number of likely N-dealkylation sites (tertiary alicyclic amines) is 1. The molecule has 1 aromatic heterocycles. The van der Waals surface area contributed by atoms with Gasteiger partial charge in [-0.15, -0.1) is 0 Å². The number of piperidine rings is 1. The number of aromatic nitrogens is 1. The van der Waals surface area contributed by atoms with Crippen molar-refractivity contribution in [1.82, 2.24) is 10.1 Å². The molecule has 6 nitrogen and oxygen atoms in total. The van der Waals surface area contributed by atoms with Crippen LogP contribution in [-0.4, -0.2) is 49.4 Å². The van der Waals surface area contributed by atoms with Crippen molar-refractivity contribution in [3.05, 3.63) is 11.8 Å². The molecule has 1 saturated heterocycles. The first kappa shape index (κ1) is 15.8. The fourth-order valence-electron chi connectivity index (χ4n) is 2.59. The van der Waals surface area contributed by atoms with Gasteiger partial charge in [0.25, 0.3) is 5.88 Å². The van der Waals surface area contributed by atoms with Crippen LogP contribution in [0.1, 0.15) is 38.4 Å². The number of rotatable bonds is 5. The topological polar surface area (TPSA) is 64.8 Å². The summed E-state index contributed by atoms with van der Waals surface area (Å²) in [5.74, 6) is 0.264. The van der Waals surface area contributed by atoms with Gasteiger partial charge in [0.1, 0.15) is 12.0 Å². The predicted octanol–water partition coefficient (Wildman–Crippen LogP) is 2.06. The van der Waals surface area contributed by atoms with Crippen LogP contribution in [0.4, 0.5) is 0 Å². The Morgan fingerprint density at radius 3 is 2.67 bits per heavy atom. The van der Waals surface area contributed by atoms with Crippen molar-refractivity contribution in [2.75, 3.05) is 27.2 Å². The zero-order chi connectivity index (χ0) is 15.4. The largest absolute Gasteiger partial charge is 0.472 e. The Morgan fingerprint density at radius 1 is 1.43 bits per heavy atom. The summed E-state index contributed by atoms with van der Waals surface area (Å²) >= 11 is 0. The summed E-state index contributed by atoms with van der Waals surface area (Å²) < 4.78 is 16.0. The average Bonchev–Trinajstić information content (AvgIpc) is 2.89. The van der Waals surface area contributed by atoms with Crippen molar-refractivity contribution < 1.29 is 18.8 Å². The number of carbonyl (C=O) groups excluding carboxylic acids is 1. The minimum absolute atomic E-state index is 0.0709. The van der Waals surface area contributed by atoms with Crippen LogP contribution in [0, 0.1) is 5.92 Å². The lowest BCUT2D eigenvalue weighted by Gasteiger charge is -2.28. The van der Waals surface area contributed by atoms with Crippen molar-refractivity contribution in [3.8, 4) is 5.88 Å². The Kier molecular flexibility index (Phi) is 5.22. The number of hydrogen-bond donors (Lipinski definition) is 0. The number of ether oxygens (including phenoxy) is 2. The number of hydrogen-bond acceptors (Lipinski definition) is 6. The molecule has 0 bridgehead atoms. The average molecular weight is 296 g/mol. The molecular weight excluding hydrogens is 272 g/mol. The molecule has 2 heterocycles. The van der Waals surface area contributed by atoms with Crippen molar-refractivity contribution in [1.29, 1.82) is 0 Å². The SMILES string of the molecule is COC(=O)C(c1cc(OC2CCN(C)CC2)no1)C(C)C. The van der Waals surface area contributed by atoms with E-state index in [2.05, 4.69) is 17.1 Å². The van der Waals surface area contributed by atoms with Crippen LogP contribution < -0.4 is 4.74 Å². The second kappa shape index (κ2) is 6.93. The molecule has 0 N–H and O–H groups in total. The molecule has 21 heavy (non-hydrogen) atoms. The molecule has 0 radical (unpaired) electrons. The van der Waals surface area contributed by atoms with Crippen molar-refractivity contribution in [2.24, 2.45) is 5.92 Å². The van der Waals surface area contributed by atoms with Crippen molar-refractivity contribution in [3.63, 3.8) is 0 Å². The zero-order valence-electron chi connectivity index (χ0n) is 13.2. The van der Waals surface area contributed by atoms with Crippen LogP contribution in [0.15, 0.2) is 10.6 Å². The van der Waals surface area contributed by atoms with Gasteiger partial charge in [-0.3, -0.25) is 4.79 Å². The molecule has 1 aromatic rings. The number of carbonyl (C=O) groups is 1. The number of esters is 1. The monoisotopic (exact) mass is 296 g/mol. The third kappa shape index (κ3) is 3.97. The van der Waals surface area contributed by atoms with Crippen LogP contribution in [-0.2, 0) is 9.53 Å². The van der Waals surface area contributed by atoms with Gasteiger partial charge in [0, 0.05) is 19.2 Å². The molecule has 1 aliphatic rings. The summed E-state index contributed by atoms with van der Waals surface area (Å²) in [5, 5.41) is 3.93.